The normalized spacial score (nSPS) is 13.3. The first-order valence-electron chi connectivity index (χ1n) is 11.4. The number of aryl methyl sites for hydroxylation is 1. The van der Waals surface area contributed by atoms with Gasteiger partial charge in [-0.3, -0.25) is 14.2 Å². The van der Waals surface area contributed by atoms with Crippen LogP contribution in [0.25, 0.3) is 22.3 Å². The molecule has 1 aliphatic rings. The van der Waals surface area contributed by atoms with E-state index in [1.807, 2.05) is 41.6 Å². The van der Waals surface area contributed by atoms with Crippen molar-refractivity contribution in [2.45, 2.75) is 26.2 Å². The van der Waals surface area contributed by atoms with Crippen LogP contribution in [0.15, 0.2) is 54.6 Å². The Morgan fingerprint density at radius 2 is 2.03 bits per heavy atom. The number of hydrogen-bond donors (Lipinski definition) is 1. The minimum Gasteiger partial charge on any atom is -0.364 e. The van der Waals surface area contributed by atoms with Crippen LogP contribution in [-0.2, 0) is 6.42 Å². The Labute approximate surface area is 210 Å². The van der Waals surface area contributed by atoms with Gasteiger partial charge < -0.3 is 10.6 Å². The number of imidazole rings is 1. The number of thiazole rings is 1. The molecule has 0 aliphatic heterocycles. The number of hydrogen-bond acceptors (Lipinski definition) is 7. The molecule has 180 valence electrons. The first-order valence-corrected chi connectivity index (χ1v) is 12.2. The van der Waals surface area contributed by atoms with Gasteiger partial charge in [0.1, 0.15) is 33.9 Å². The molecule has 0 saturated carbocycles. The zero-order chi connectivity index (χ0) is 25.4. The summed E-state index contributed by atoms with van der Waals surface area (Å²) < 4.78 is 15.5. The number of nitrogens with zero attached hydrogens (tertiary/aromatic N) is 6. The minimum atomic E-state index is -0.576. The first-order chi connectivity index (χ1) is 17.4. The van der Waals surface area contributed by atoms with Crippen LogP contribution in [-0.4, -0.2) is 32.3 Å². The largest absolute Gasteiger partial charge is 0.364 e. The molecular formula is C26H22FN7OS. The maximum atomic E-state index is 13.5. The number of primary amides is 1. The quantitative estimate of drug-likeness (QED) is 0.391. The SMILES string of the molecule is CCc1nc2ccc(-c3ccc(C(N)=O)nc3)cn2c1N(C)c1nc(C2=CC=C(F)CC2)c(C#N)s1. The Morgan fingerprint density at radius 3 is 2.67 bits per heavy atom. The number of halogens is 1. The third-order valence-electron chi connectivity index (χ3n) is 6.07. The highest BCUT2D eigenvalue weighted by Gasteiger charge is 2.23. The van der Waals surface area contributed by atoms with Crippen molar-refractivity contribution in [2.24, 2.45) is 5.73 Å². The molecule has 1 amide bonds. The second-order valence-electron chi connectivity index (χ2n) is 8.33. The van der Waals surface area contributed by atoms with Crippen LogP contribution in [0.4, 0.5) is 15.3 Å². The Morgan fingerprint density at radius 1 is 1.22 bits per heavy atom. The van der Waals surface area contributed by atoms with E-state index in [0.29, 0.717) is 35.0 Å². The summed E-state index contributed by atoms with van der Waals surface area (Å²) in [5.74, 6) is 0.0932. The molecule has 0 spiro atoms. The number of carbonyl (C=O) groups excluding carboxylic acids is 1. The van der Waals surface area contributed by atoms with Crippen LogP contribution in [0.1, 0.15) is 46.5 Å². The van der Waals surface area contributed by atoms with Crippen molar-refractivity contribution in [3.63, 3.8) is 0 Å². The van der Waals surface area contributed by atoms with Crippen molar-refractivity contribution >= 4 is 39.4 Å². The fourth-order valence-corrected chi connectivity index (χ4v) is 5.06. The topological polar surface area (TPSA) is 113 Å². The van der Waals surface area contributed by atoms with Gasteiger partial charge in [-0.05, 0) is 42.7 Å². The smallest absolute Gasteiger partial charge is 0.267 e. The van der Waals surface area contributed by atoms with E-state index >= 15 is 0 Å². The molecule has 0 saturated heterocycles. The van der Waals surface area contributed by atoms with Crippen LogP contribution >= 0.6 is 11.3 Å². The van der Waals surface area contributed by atoms with E-state index in [2.05, 4.69) is 11.1 Å². The van der Waals surface area contributed by atoms with E-state index in [0.717, 1.165) is 33.9 Å². The number of pyridine rings is 2. The van der Waals surface area contributed by atoms with Crippen molar-refractivity contribution < 1.29 is 9.18 Å². The lowest BCUT2D eigenvalue weighted by molar-refractivity contribution is 0.0995. The average molecular weight is 500 g/mol. The molecule has 0 bridgehead atoms. The predicted molar refractivity (Wildman–Crippen MR) is 138 cm³/mol. The van der Waals surface area contributed by atoms with Gasteiger partial charge in [-0.25, -0.2) is 14.4 Å². The molecule has 5 rings (SSSR count). The van der Waals surface area contributed by atoms with Crippen LogP contribution in [0.2, 0.25) is 0 Å². The fourth-order valence-electron chi connectivity index (χ4n) is 4.20. The predicted octanol–water partition coefficient (Wildman–Crippen LogP) is 5.18. The number of aromatic nitrogens is 4. The number of nitriles is 1. The number of fused-ring (bicyclic) bond motifs is 1. The standard InChI is InChI=1S/C26H22FN7OS/c1-3-19-25(33(2)26-32-23(21(12-28)36-26)15-4-8-18(27)9-5-15)34-14-17(7-11-22(34)31-19)16-6-10-20(24(29)35)30-13-16/h4,6-8,10-11,13-14H,3,5,9H2,1-2H3,(H2,29,35). The van der Waals surface area contributed by atoms with Crippen LogP contribution in [0.3, 0.4) is 0 Å². The number of allylic oxidation sites excluding steroid dienone is 4. The maximum Gasteiger partial charge on any atom is 0.267 e. The van der Waals surface area contributed by atoms with E-state index < -0.39 is 5.91 Å². The summed E-state index contributed by atoms with van der Waals surface area (Å²) in [7, 11) is 1.90. The zero-order valence-corrected chi connectivity index (χ0v) is 20.5. The molecule has 1 aliphatic carbocycles. The second-order valence-corrected chi connectivity index (χ2v) is 9.31. The van der Waals surface area contributed by atoms with Crippen LogP contribution in [0, 0.1) is 11.3 Å². The molecule has 0 radical (unpaired) electrons. The third-order valence-corrected chi connectivity index (χ3v) is 7.11. The highest BCUT2D eigenvalue weighted by Crippen LogP contribution is 2.38. The van der Waals surface area contributed by atoms with Gasteiger partial charge in [0.15, 0.2) is 5.13 Å². The summed E-state index contributed by atoms with van der Waals surface area (Å²) in [5, 5.41) is 10.4. The molecule has 0 fully saturated rings. The molecule has 4 aromatic heterocycles. The zero-order valence-electron chi connectivity index (χ0n) is 19.7. The molecule has 4 aromatic rings. The lowest BCUT2D eigenvalue weighted by atomic mass is 10.0. The monoisotopic (exact) mass is 499 g/mol. The van der Waals surface area contributed by atoms with Crippen molar-refractivity contribution in [3.05, 3.63) is 76.6 Å². The number of nitrogens with two attached hydrogens (primary N) is 1. The van der Waals surface area contributed by atoms with E-state index in [1.54, 1.807) is 24.4 Å². The Bertz CT molecular complexity index is 1590. The van der Waals surface area contributed by atoms with Gasteiger partial charge >= 0.3 is 0 Å². The summed E-state index contributed by atoms with van der Waals surface area (Å²) in [6.45, 7) is 2.04. The van der Waals surface area contributed by atoms with Gasteiger partial charge in [0, 0.05) is 37.0 Å². The molecule has 36 heavy (non-hydrogen) atoms. The summed E-state index contributed by atoms with van der Waals surface area (Å²) >= 11 is 1.30. The summed E-state index contributed by atoms with van der Waals surface area (Å²) in [6.07, 6.45) is 8.23. The average Bonchev–Trinajstić information content (AvgIpc) is 3.50. The van der Waals surface area contributed by atoms with Gasteiger partial charge in [-0.15, -0.1) is 0 Å². The summed E-state index contributed by atoms with van der Waals surface area (Å²) in [4.78, 5) is 27.5. The van der Waals surface area contributed by atoms with Crippen LogP contribution < -0.4 is 10.6 Å². The van der Waals surface area contributed by atoms with Gasteiger partial charge in [0.05, 0.1) is 11.4 Å². The number of amides is 1. The fraction of sp³-hybridized carbons (Fsp3) is 0.192. The second kappa shape index (κ2) is 9.36. The van der Waals surface area contributed by atoms with Crippen molar-refractivity contribution in [2.75, 3.05) is 11.9 Å². The molecule has 0 aromatic carbocycles. The van der Waals surface area contributed by atoms with E-state index in [9.17, 15) is 14.4 Å². The maximum absolute atomic E-state index is 13.5. The summed E-state index contributed by atoms with van der Waals surface area (Å²) in [6, 6.07) is 9.52. The molecule has 0 atom stereocenters. The molecule has 4 heterocycles. The van der Waals surface area contributed by atoms with E-state index in [-0.39, 0.29) is 11.5 Å². The number of rotatable bonds is 6. The highest BCUT2D eigenvalue weighted by atomic mass is 32.1. The Kier molecular flexibility index (Phi) is 6.08. The number of carbonyl (C=O) groups is 1. The van der Waals surface area contributed by atoms with Gasteiger partial charge in [-0.2, -0.15) is 5.26 Å². The van der Waals surface area contributed by atoms with Crippen molar-refractivity contribution in [1.82, 2.24) is 19.4 Å². The summed E-state index contributed by atoms with van der Waals surface area (Å²) in [5.41, 5.74) is 10.3. The number of anilines is 2. The Balaban J connectivity index is 1.58. The van der Waals surface area contributed by atoms with Gasteiger partial charge in [0.25, 0.3) is 5.91 Å². The van der Waals surface area contributed by atoms with Crippen molar-refractivity contribution in [1.29, 1.82) is 5.26 Å². The molecule has 2 N–H and O–H groups in total. The van der Waals surface area contributed by atoms with E-state index in [1.165, 1.54) is 17.4 Å². The lowest BCUT2D eigenvalue weighted by Crippen LogP contribution is -2.13. The van der Waals surface area contributed by atoms with Crippen LogP contribution in [0.5, 0.6) is 0 Å². The Hall–Kier alpha value is -4.36. The third kappa shape index (κ3) is 4.14. The highest BCUT2D eigenvalue weighted by molar-refractivity contribution is 7.16. The van der Waals surface area contributed by atoms with E-state index in [4.69, 9.17) is 15.7 Å². The first kappa shape index (κ1) is 23.4. The van der Waals surface area contributed by atoms with Crippen molar-refractivity contribution in [3.8, 4) is 17.2 Å². The molecule has 0 unspecified atom stereocenters. The minimum absolute atomic E-state index is 0.168. The molecular weight excluding hydrogens is 477 g/mol. The van der Waals surface area contributed by atoms with Gasteiger partial charge in [0.2, 0.25) is 0 Å². The van der Waals surface area contributed by atoms with Gasteiger partial charge in [-0.1, -0.05) is 30.4 Å². The molecule has 8 nitrogen and oxygen atoms in total. The lowest BCUT2D eigenvalue weighted by Gasteiger charge is -2.17. The molecule has 10 heteroatoms.